The first-order chi connectivity index (χ1) is 10.2. The summed E-state index contributed by atoms with van der Waals surface area (Å²) in [4.78, 5) is 16.2. The number of carbonyl (C=O) groups excluding carboxylic acids is 1. The molecule has 0 aromatic heterocycles. The zero-order valence-electron chi connectivity index (χ0n) is 12.6. The lowest BCUT2D eigenvalue weighted by atomic mass is 10.1. The summed E-state index contributed by atoms with van der Waals surface area (Å²) >= 11 is 0. The van der Waals surface area contributed by atoms with Crippen LogP contribution in [0.1, 0.15) is 13.3 Å². The molecule has 1 aliphatic rings. The number of nitrogens with zero attached hydrogens (tertiary/aromatic N) is 3. The molecule has 1 aliphatic heterocycles. The highest BCUT2D eigenvalue weighted by Gasteiger charge is 2.26. The first-order valence-electron chi connectivity index (χ1n) is 7.27. The Morgan fingerprint density at radius 2 is 1.90 bits per heavy atom. The average molecular weight is 287 g/mol. The molecule has 0 saturated carbocycles. The predicted octanol–water partition coefficient (Wildman–Crippen LogP) is 1.89. The Labute approximate surface area is 125 Å². The van der Waals surface area contributed by atoms with Crippen LogP contribution in [0.25, 0.3) is 0 Å². The third-order valence-corrected chi connectivity index (χ3v) is 3.89. The van der Waals surface area contributed by atoms with Gasteiger partial charge in [0.05, 0.1) is 13.2 Å². The number of anilines is 1. The minimum Gasteiger partial charge on any atom is -0.497 e. The standard InChI is InChI=1S/C16H21N3O2/c1-3-13(12-17)16(20)19-10-8-18(9-11-19)14-4-6-15(21-2)7-5-14/h4-7,13H,3,8-11H2,1-2H3. The molecule has 1 aromatic carbocycles. The maximum Gasteiger partial charge on any atom is 0.240 e. The van der Waals surface area contributed by atoms with E-state index in [1.54, 1.807) is 12.0 Å². The molecule has 1 atom stereocenters. The summed E-state index contributed by atoms with van der Waals surface area (Å²) in [7, 11) is 1.65. The van der Waals surface area contributed by atoms with Crippen LogP contribution in [0.4, 0.5) is 5.69 Å². The molecular formula is C16H21N3O2. The minimum atomic E-state index is -0.502. The number of hydrogen-bond donors (Lipinski definition) is 0. The molecule has 1 heterocycles. The summed E-state index contributed by atoms with van der Waals surface area (Å²) in [6.07, 6.45) is 0.577. The molecule has 112 valence electrons. The molecule has 2 rings (SSSR count). The highest BCUT2D eigenvalue weighted by atomic mass is 16.5. The van der Waals surface area contributed by atoms with E-state index in [9.17, 15) is 4.79 Å². The number of nitriles is 1. The highest BCUT2D eigenvalue weighted by molar-refractivity contribution is 5.81. The number of hydrogen-bond acceptors (Lipinski definition) is 4. The van der Waals surface area contributed by atoms with Crippen LogP contribution < -0.4 is 9.64 Å². The molecule has 1 amide bonds. The quantitative estimate of drug-likeness (QED) is 0.848. The van der Waals surface area contributed by atoms with Gasteiger partial charge in [-0.05, 0) is 30.7 Å². The molecule has 5 nitrogen and oxygen atoms in total. The van der Waals surface area contributed by atoms with E-state index >= 15 is 0 Å². The van der Waals surface area contributed by atoms with Gasteiger partial charge in [0.25, 0.3) is 0 Å². The lowest BCUT2D eigenvalue weighted by Gasteiger charge is -2.36. The van der Waals surface area contributed by atoms with Gasteiger partial charge >= 0.3 is 0 Å². The second kappa shape index (κ2) is 6.98. The van der Waals surface area contributed by atoms with Crippen LogP contribution in [0, 0.1) is 17.2 Å². The van der Waals surface area contributed by atoms with Gasteiger partial charge in [0.15, 0.2) is 0 Å². The van der Waals surface area contributed by atoms with Crippen LogP contribution in [0.15, 0.2) is 24.3 Å². The molecule has 0 aliphatic carbocycles. The number of benzene rings is 1. The Morgan fingerprint density at radius 3 is 2.38 bits per heavy atom. The van der Waals surface area contributed by atoms with Crippen LogP contribution in [0.2, 0.25) is 0 Å². The molecule has 0 radical (unpaired) electrons. The fourth-order valence-electron chi connectivity index (χ4n) is 2.52. The maximum absolute atomic E-state index is 12.2. The van der Waals surface area contributed by atoms with Crippen LogP contribution in [0.5, 0.6) is 5.75 Å². The Balaban J connectivity index is 1.93. The molecule has 1 fully saturated rings. The van der Waals surface area contributed by atoms with Gasteiger partial charge in [-0.1, -0.05) is 6.92 Å². The van der Waals surface area contributed by atoms with Crippen molar-refractivity contribution < 1.29 is 9.53 Å². The summed E-state index contributed by atoms with van der Waals surface area (Å²) in [5.74, 6) is 0.305. The van der Waals surface area contributed by atoms with Gasteiger partial charge in [-0.3, -0.25) is 4.79 Å². The third-order valence-electron chi connectivity index (χ3n) is 3.89. The topological polar surface area (TPSA) is 56.6 Å². The SMILES string of the molecule is CCC(C#N)C(=O)N1CCN(c2ccc(OC)cc2)CC1. The van der Waals surface area contributed by atoms with E-state index in [4.69, 9.17) is 10.00 Å². The largest absolute Gasteiger partial charge is 0.497 e. The van der Waals surface area contributed by atoms with Crippen molar-refractivity contribution in [1.29, 1.82) is 5.26 Å². The Bertz CT molecular complexity index is 513. The summed E-state index contributed by atoms with van der Waals surface area (Å²) in [5, 5.41) is 8.99. The number of amides is 1. The molecule has 1 unspecified atom stereocenters. The highest BCUT2D eigenvalue weighted by Crippen LogP contribution is 2.21. The summed E-state index contributed by atoms with van der Waals surface area (Å²) < 4.78 is 5.15. The van der Waals surface area contributed by atoms with E-state index < -0.39 is 5.92 Å². The Hall–Kier alpha value is -2.22. The van der Waals surface area contributed by atoms with Gasteiger partial charge in [-0.2, -0.15) is 5.26 Å². The number of ether oxygens (including phenoxy) is 1. The minimum absolute atomic E-state index is 0.0330. The number of carbonyl (C=O) groups is 1. The monoisotopic (exact) mass is 287 g/mol. The van der Waals surface area contributed by atoms with Crippen molar-refractivity contribution in [2.45, 2.75) is 13.3 Å². The second-order valence-electron chi connectivity index (χ2n) is 5.10. The lowest BCUT2D eigenvalue weighted by molar-refractivity contribution is -0.134. The molecule has 5 heteroatoms. The normalized spacial score (nSPS) is 16.2. The van der Waals surface area contributed by atoms with E-state index in [0.717, 1.165) is 24.5 Å². The maximum atomic E-state index is 12.2. The number of piperazine rings is 1. The van der Waals surface area contributed by atoms with Crippen molar-refractivity contribution in [2.24, 2.45) is 5.92 Å². The summed E-state index contributed by atoms with van der Waals surface area (Å²) in [6.45, 7) is 4.80. The number of rotatable bonds is 4. The summed E-state index contributed by atoms with van der Waals surface area (Å²) in [5.41, 5.74) is 1.13. The molecule has 1 aromatic rings. The van der Waals surface area contributed by atoms with Crippen LogP contribution in [-0.4, -0.2) is 44.1 Å². The van der Waals surface area contributed by atoms with E-state index in [1.807, 2.05) is 31.2 Å². The van der Waals surface area contributed by atoms with Crippen LogP contribution >= 0.6 is 0 Å². The zero-order chi connectivity index (χ0) is 15.2. The predicted molar refractivity (Wildman–Crippen MR) is 81.2 cm³/mol. The van der Waals surface area contributed by atoms with E-state index in [0.29, 0.717) is 19.5 Å². The van der Waals surface area contributed by atoms with Crippen molar-refractivity contribution in [2.75, 3.05) is 38.2 Å². The second-order valence-corrected chi connectivity index (χ2v) is 5.10. The third kappa shape index (κ3) is 3.46. The fraction of sp³-hybridized carbons (Fsp3) is 0.500. The first kappa shape index (κ1) is 15.2. The van der Waals surface area contributed by atoms with Crippen molar-refractivity contribution in [3.63, 3.8) is 0 Å². The van der Waals surface area contributed by atoms with Gasteiger partial charge in [-0.25, -0.2) is 0 Å². The van der Waals surface area contributed by atoms with E-state index in [2.05, 4.69) is 11.0 Å². The van der Waals surface area contributed by atoms with Crippen LogP contribution in [-0.2, 0) is 4.79 Å². The Morgan fingerprint density at radius 1 is 1.29 bits per heavy atom. The first-order valence-corrected chi connectivity index (χ1v) is 7.27. The van der Waals surface area contributed by atoms with Gasteiger partial charge in [0, 0.05) is 31.9 Å². The van der Waals surface area contributed by atoms with Crippen molar-refractivity contribution in [3.05, 3.63) is 24.3 Å². The molecule has 0 N–H and O–H groups in total. The van der Waals surface area contributed by atoms with Crippen molar-refractivity contribution in [1.82, 2.24) is 4.90 Å². The van der Waals surface area contributed by atoms with E-state index in [1.165, 1.54) is 0 Å². The van der Waals surface area contributed by atoms with Crippen molar-refractivity contribution in [3.8, 4) is 11.8 Å². The summed E-state index contributed by atoms with van der Waals surface area (Å²) in [6, 6.07) is 10.0. The number of methoxy groups -OCH3 is 1. The smallest absolute Gasteiger partial charge is 0.240 e. The Kier molecular flexibility index (Phi) is 5.04. The van der Waals surface area contributed by atoms with Crippen LogP contribution in [0.3, 0.4) is 0 Å². The molecule has 1 saturated heterocycles. The van der Waals surface area contributed by atoms with Crippen molar-refractivity contribution >= 4 is 11.6 Å². The fourth-order valence-corrected chi connectivity index (χ4v) is 2.52. The molecule has 0 spiro atoms. The lowest BCUT2D eigenvalue weighted by Crippen LogP contribution is -2.50. The van der Waals surface area contributed by atoms with Gasteiger partial charge in [0.1, 0.15) is 11.7 Å². The van der Waals surface area contributed by atoms with Gasteiger partial charge in [-0.15, -0.1) is 0 Å². The molecule has 0 bridgehead atoms. The average Bonchev–Trinajstić information content (AvgIpc) is 2.56. The molecule has 21 heavy (non-hydrogen) atoms. The van der Waals surface area contributed by atoms with E-state index in [-0.39, 0.29) is 5.91 Å². The zero-order valence-corrected chi connectivity index (χ0v) is 12.6. The van der Waals surface area contributed by atoms with Gasteiger partial charge in [0.2, 0.25) is 5.91 Å². The van der Waals surface area contributed by atoms with Gasteiger partial charge < -0.3 is 14.5 Å². The molecular weight excluding hydrogens is 266 g/mol.